The first-order valence-corrected chi connectivity index (χ1v) is 5.15. The van der Waals surface area contributed by atoms with Crippen molar-refractivity contribution in [3.8, 4) is 0 Å². The van der Waals surface area contributed by atoms with Crippen molar-refractivity contribution in [1.82, 2.24) is 9.97 Å². The third-order valence-corrected chi connectivity index (χ3v) is 1.90. The van der Waals surface area contributed by atoms with Crippen LogP contribution in [0.5, 0.6) is 0 Å². The summed E-state index contributed by atoms with van der Waals surface area (Å²) in [5, 5.41) is 7.01. The first-order chi connectivity index (χ1) is 8.91. The molecule has 0 amide bonds. The summed E-state index contributed by atoms with van der Waals surface area (Å²) in [5.74, 6) is -0.981. The number of amidine groups is 1. The summed E-state index contributed by atoms with van der Waals surface area (Å²) >= 11 is 0. The Kier molecular flexibility index (Phi) is 4.99. The van der Waals surface area contributed by atoms with E-state index in [0.29, 0.717) is 0 Å². The number of rotatable bonds is 1. The maximum Gasteiger partial charge on any atom is 0.451 e. The van der Waals surface area contributed by atoms with E-state index >= 15 is 0 Å². The average molecular weight is 268 g/mol. The number of aromatic nitrogens is 2. The highest BCUT2D eigenvalue weighted by molar-refractivity contribution is 5.94. The number of halogens is 3. The van der Waals surface area contributed by atoms with E-state index in [4.69, 9.17) is 11.1 Å². The second-order valence-corrected chi connectivity index (χ2v) is 3.35. The van der Waals surface area contributed by atoms with Gasteiger partial charge in [0, 0.05) is 18.0 Å². The second-order valence-electron chi connectivity index (χ2n) is 3.35. The van der Waals surface area contributed by atoms with Gasteiger partial charge in [-0.3, -0.25) is 5.41 Å². The molecular formula is C12H11F3N4. The van der Waals surface area contributed by atoms with Crippen LogP contribution < -0.4 is 5.73 Å². The van der Waals surface area contributed by atoms with Crippen LogP contribution in [0.1, 0.15) is 11.4 Å². The van der Waals surface area contributed by atoms with Crippen LogP contribution in [0.3, 0.4) is 0 Å². The van der Waals surface area contributed by atoms with Crippen LogP contribution in [-0.4, -0.2) is 15.8 Å². The number of hydrogen-bond acceptors (Lipinski definition) is 3. The van der Waals surface area contributed by atoms with E-state index in [-0.39, 0.29) is 5.84 Å². The summed E-state index contributed by atoms with van der Waals surface area (Å²) in [6.45, 7) is 0. The Morgan fingerprint density at radius 1 is 1.00 bits per heavy atom. The molecule has 0 aliphatic heterocycles. The van der Waals surface area contributed by atoms with Gasteiger partial charge in [0.1, 0.15) is 5.84 Å². The Morgan fingerprint density at radius 2 is 1.53 bits per heavy atom. The van der Waals surface area contributed by atoms with E-state index in [1.54, 1.807) is 0 Å². The molecule has 7 heteroatoms. The third kappa shape index (κ3) is 5.15. The zero-order valence-corrected chi connectivity index (χ0v) is 9.72. The quantitative estimate of drug-likeness (QED) is 0.616. The zero-order valence-electron chi connectivity index (χ0n) is 9.72. The van der Waals surface area contributed by atoms with Crippen molar-refractivity contribution in [2.24, 2.45) is 5.73 Å². The van der Waals surface area contributed by atoms with Crippen LogP contribution in [0.15, 0.2) is 48.8 Å². The van der Waals surface area contributed by atoms with Crippen LogP contribution in [0, 0.1) is 5.41 Å². The summed E-state index contributed by atoms with van der Waals surface area (Å²) < 4.78 is 35.0. The van der Waals surface area contributed by atoms with Crippen molar-refractivity contribution in [3.63, 3.8) is 0 Å². The molecule has 0 atom stereocenters. The lowest BCUT2D eigenvalue weighted by atomic mass is 10.2. The topological polar surface area (TPSA) is 75.7 Å². The summed E-state index contributed by atoms with van der Waals surface area (Å²) in [6, 6.07) is 10.6. The molecule has 0 saturated heterocycles. The van der Waals surface area contributed by atoms with E-state index in [1.165, 1.54) is 6.07 Å². The molecule has 1 aromatic heterocycles. The van der Waals surface area contributed by atoms with Gasteiger partial charge in [-0.15, -0.1) is 0 Å². The second kappa shape index (κ2) is 6.48. The Labute approximate surface area is 107 Å². The van der Waals surface area contributed by atoms with E-state index in [2.05, 4.69) is 9.97 Å². The van der Waals surface area contributed by atoms with Crippen LogP contribution in [0.25, 0.3) is 0 Å². The highest BCUT2D eigenvalue weighted by Gasteiger charge is 2.33. The van der Waals surface area contributed by atoms with Gasteiger partial charge in [-0.05, 0) is 6.07 Å². The molecule has 19 heavy (non-hydrogen) atoms. The lowest BCUT2D eigenvalue weighted by molar-refractivity contribution is -0.145. The van der Waals surface area contributed by atoms with E-state index in [9.17, 15) is 13.2 Å². The highest BCUT2D eigenvalue weighted by atomic mass is 19.4. The van der Waals surface area contributed by atoms with Crippen LogP contribution in [0.2, 0.25) is 0 Å². The van der Waals surface area contributed by atoms with Gasteiger partial charge in [0.15, 0.2) is 0 Å². The van der Waals surface area contributed by atoms with Gasteiger partial charge in [-0.2, -0.15) is 13.2 Å². The fourth-order valence-electron chi connectivity index (χ4n) is 1.06. The van der Waals surface area contributed by atoms with Crippen molar-refractivity contribution >= 4 is 5.84 Å². The molecule has 1 aromatic carbocycles. The fourth-order valence-corrected chi connectivity index (χ4v) is 1.06. The van der Waals surface area contributed by atoms with Crippen molar-refractivity contribution in [1.29, 1.82) is 5.41 Å². The molecule has 100 valence electrons. The minimum Gasteiger partial charge on any atom is -0.384 e. The maximum atomic E-state index is 11.7. The molecule has 0 saturated carbocycles. The number of benzene rings is 1. The lowest BCUT2D eigenvalue weighted by Crippen LogP contribution is -2.10. The standard InChI is InChI=1S/C7H8N2.C5H3F3N2/c8-7(9)6-4-2-1-3-5-6;6-5(7,8)4-9-2-1-3-10-4/h1-5H,(H3,8,9);1-3H. The Hall–Kier alpha value is -2.44. The number of hydrogen-bond donors (Lipinski definition) is 2. The van der Waals surface area contributed by atoms with Gasteiger partial charge in [-0.1, -0.05) is 30.3 Å². The highest BCUT2D eigenvalue weighted by Crippen LogP contribution is 2.24. The van der Waals surface area contributed by atoms with Crippen LogP contribution in [-0.2, 0) is 6.18 Å². The molecule has 0 spiro atoms. The van der Waals surface area contributed by atoms with Gasteiger partial charge < -0.3 is 5.73 Å². The summed E-state index contributed by atoms with van der Waals surface area (Å²) in [5.41, 5.74) is 5.97. The third-order valence-electron chi connectivity index (χ3n) is 1.90. The molecule has 0 unspecified atom stereocenters. The van der Waals surface area contributed by atoms with E-state index in [0.717, 1.165) is 18.0 Å². The van der Waals surface area contributed by atoms with Crippen molar-refractivity contribution in [2.45, 2.75) is 6.18 Å². The SMILES string of the molecule is FC(F)(F)c1ncccn1.N=C(N)c1ccccc1. The molecule has 0 bridgehead atoms. The Morgan fingerprint density at radius 3 is 1.84 bits per heavy atom. The molecule has 0 aliphatic rings. The molecule has 2 rings (SSSR count). The monoisotopic (exact) mass is 268 g/mol. The van der Waals surface area contributed by atoms with Gasteiger partial charge >= 0.3 is 6.18 Å². The fraction of sp³-hybridized carbons (Fsp3) is 0.0833. The van der Waals surface area contributed by atoms with Gasteiger partial charge in [-0.25, -0.2) is 9.97 Å². The van der Waals surface area contributed by atoms with Crippen molar-refractivity contribution in [2.75, 3.05) is 0 Å². The predicted molar refractivity (Wildman–Crippen MR) is 64.5 cm³/mol. The van der Waals surface area contributed by atoms with Crippen molar-refractivity contribution in [3.05, 3.63) is 60.2 Å². The minimum absolute atomic E-state index is 0.121. The number of nitrogens with two attached hydrogens (primary N) is 1. The number of nitrogens with zero attached hydrogens (tertiary/aromatic N) is 2. The molecule has 0 radical (unpaired) electrons. The van der Waals surface area contributed by atoms with Crippen LogP contribution in [0.4, 0.5) is 13.2 Å². The molecule has 0 aliphatic carbocycles. The molecule has 1 heterocycles. The smallest absolute Gasteiger partial charge is 0.384 e. The number of alkyl halides is 3. The molecule has 4 nitrogen and oxygen atoms in total. The minimum atomic E-state index is -4.43. The summed E-state index contributed by atoms with van der Waals surface area (Å²) in [7, 11) is 0. The molecule has 3 N–H and O–H groups in total. The molecule has 2 aromatic rings. The van der Waals surface area contributed by atoms with Gasteiger partial charge in [0.2, 0.25) is 5.82 Å². The average Bonchev–Trinajstić information content (AvgIpc) is 2.40. The predicted octanol–water partition coefficient (Wildman–Crippen LogP) is 2.47. The first-order valence-electron chi connectivity index (χ1n) is 5.15. The Bertz CT molecular complexity index is 512. The summed E-state index contributed by atoms with van der Waals surface area (Å²) in [4.78, 5) is 6.03. The number of nitrogens with one attached hydrogen (secondary N) is 1. The Balaban J connectivity index is 0.000000191. The lowest BCUT2D eigenvalue weighted by Gasteiger charge is -2.01. The van der Waals surface area contributed by atoms with Gasteiger partial charge in [0.25, 0.3) is 0 Å². The first kappa shape index (κ1) is 14.6. The van der Waals surface area contributed by atoms with Crippen molar-refractivity contribution < 1.29 is 13.2 Å². The molecular weight excluding hydrogens is 257 g/mol. The van der Waals surface area contributed by atoms with Gasteiger partial charge in [0.05, 0.1) is 0 Å². The van der Waals surface area contributed by atoms with E-state index in [1.807, 2.05) is 30.3 Å². The summed E-state index contributed by atoms with van der Waals surface area (Å²) in [6.07, 6.45) is -2.33. The maximum absolute atomic E-state index is 11.7. The largest absolute Gasteiger partial charge is 0.451 e. The number of nitrogen functional groups attached to an aromatic ring is 1. The van der Waals surface area contributed by atoms with E-state index < -0.39 is 12.0 Å². The normalized spacial score (nSPS) is 10.3. The zero-order chi connectivity index (χ0) is 14.3. The molecule has 0 fully saturated rings. The van der Waals surface area contributed by atoms with Crippen LogP contribution >= 0.6 is 0 Å².